The van der Waals surface area contributed by atoms with Gasteiger partial charge in [-0.3, -0.25) is 0 Å². The third-order valence-electron chi connectivity index (χ3n) is 3.38. The van der Waals surface area contributed by atoms with Crippen molar-refractivity contribution in [1.29, 1.82) is 0 Å². The number of nitrogens with zero attached hydrogens (tertiary/aromatic N) is 2. The number of hydrogen-bond donors (Lipinski definition) is 1. The van der Waals surface area contributed by atoms with E-state index >= 15 is 0 Å². The van der Waals surface area contributed by atoms with Crippen LogP contribution < -0.4 is 5.32 Å². The van der Waals surface area contributed by atoms with Crippen LogP contribution in [0.1, 0.15) is 55.6 Å². The van der Waals surface area contributed by atoms with Crippen LogP contribution in [0.15, 0.2) is 30.3 Å². The van der Waals surface area contributed by atoms with Gasteiger partial charge in [-0.15, -0.1) is 21.5 Å². The summed E-state index contributed by atoms with van der Waals surface area (Å²) in [5, 5.41) is 14.5. The predicted octanol–water partition coefficient (Wildman–Crippen LogP) is 4.01. The quantitative estimate of drug-likeness (QED) is 0.819. The number of rotatable bonds is 6. The molecule has 0 saturated carbocycles. The molecule has 3 nitrogen and oxygen atoms in total. The zero-order chi connectivity index (χ0) is 15.3. The van der Waals surface area contributed by atoms with E-state index in [-0.39, 0.29) is 5.54 Å². The smallest absolute Gasteiger partial charge is 0.124 e. The van der Waals surface area contributed by atoms with E-state index < -0.39 is 0 Å². The SMILES string of the molecule is CC(c1ccccc1)c1nnc(CCCNC(C)(C)C)s1. The Labute approximate surface area is 131 Å². The lowest BCUT2D eigenvalue weighted by molar-refractivity contribution is 0.422. The molecular weight excluding hydrogens is 278 g/mol. The summed E-state index contributed by atoms with van der Waals surface area (Å²) in [6.07, 6.45) is 2.11. The van der Waals surface area contributed by atoms with Gasteiger partial charge in [-0.25, -0.2) is 0 Å². The molecule has 1 atom stereocenters. The van der Waals surface area contributed by atoms with E-state index in [1.54, 1.807) is 11.3 Å². The third kappa shape index (κ3) is 5.21. The fraction of sp³-hybridized carbons (Fsp3) is 0.529. The van der Waals surface area contributed by atoms with E-state index in [4.69, 9.17) is 0 Å². The van der Waals surface area contributed by atoms with Crippen molar-refractivity contribution in [3.63, 3.8) is 0 Å². The highest BCUT2D eigenvalue weighted by Gasteiger charge is 2.14. The Balaban J connectivity index is 1.87. The number of nitrogens with one attached hydrogen (secondary N) is 1. The molecule has 0 amide bonds. The maximum Gasteiger partial charge on any atom is 0.124 e. The Kier molecular flexibility index (Phi) is 5.48. The van der Waals surface area contributed by atoms with Crippen molar-refractivity contribution in [2.75, 3.05) is 6.54 Å². The van der Waals surface area contributed by atoms with Crippen molar-refractivity contribution in [1.82, 2.24) is 15.5 Å². The molecule has 21 heavy (non-hydrogen) atoms. The highest BCUT2D eigenvalue weighted by atomic mass is 32.1. The maximum atomic E-state index is 4.37. The van der Waals surface area contributed by atoms with Crippen LogP contribution in [0, 0.1) is 0 Å². The third-order valence-corrected chi connectivity index (χ3v) is 4.54. The second kappa shape index (κ2) is 7.14. The monoisotopic (exact) mass is 303 g/mol. The normalized spacial score (nSPS) is 13.3. The Hall–Kier alpha value is -1.26. The highest BCUT2D eigenvalue weighted by molar-refractivity contribution is 7.11. The fourth-order valence-corrected chi connectivity index (χ4v) is 3.09. The van der Waals surface area contributed by atoms with Gasteiger partial charge in [-0.2, -0.15) is 0 Å². The van der Waals surface area contributed by atoms with Gasteiger partial charge in [0, 0.05) is 17.9 Å². The molecule has 0 fully saturated rings. The van der Waals surface area contributed by atoms with E-state index in [9.17, 15) is 0 Å². The van der Waals surface area contributed by atoms with Crippen LogP contribution in [-0.2, 0) is 6.42 Å². The predicted molar refractivity (Wildman–Crippen MR) is 89.9 cm³/mol. The van der Waals surface area contributed by atoms with E-state index in [0.717, 1.165) is 29.4 Å². The Morgan fingerprint density at radius 3 is 2.52 bits per heavy atom. The molecule has 4 heteroatoms. The molecule has 0 radical (unpaired) electrons. The summed E-state index contributed by atoms with van der Waals surface area (Å²) in [6, 6.07) is 10.5. The van der Waals surface area contributed by atoms with E-state index in [1.807, 2.05) is 6.07 Å². The molecule has 1 aromatic heterocycles. The lowest BCUT2D eigenvalue weighted by Crippen LogP contribution is -2.36. The first-order valence-electron chi connectivity index (χ1n) is 7.58. The summed E-state index contributed by atoms with van der Waals surface area (Å²) in [6.45, 7) is 9.79. The molecule has 1 heterocycles. The Morgan fingerprint density at radius 2 is 1.86 bits per heavy atom. The van der Waals surface area contributed by atoms with Gasteiger partial charge in [-0.1, -0.05) is 37.3 Å². The van der Waals surface area contributed by atoms with Crippen LogP contribution in [0.25, 0.3) is 0 Å². The van der Waals surface area contributed by atoms with Gasteiger partial charge in [0.1, 0.15) is 10.0 Å². The van der Waals surface area contributed by atoms with Crippen molar-refractivity contribution in [2.24, 2.45) is 0 Å². The van der Waals surface area contributed by atoms with Gasteiger partial charge in [0.05, 0.1) is 0 Å². The van der Waals surface area contributed by atoms with Gasteiger partial charge < -0.3 is 5.32 Å². The van der Waals surface area contributed by atoms with Crippen LogP contribution >= 0.6 is 11.3 Å². The molecule has 0 bridgehead atoms. The standard InChI is InChI=1S/C17H25N3S/c1-13(14-9-6-5-7-10-14)16-20-19-15(21-16)11-8-12-18-17(2,3)4/h5-7,9-10,13,18H,8,11-12H2,1-4H3. The van der Waals surface area contributed by atoms with Gasteiger partial charge in [0.15, 0.2) is 0 Å². The summed E-state index contributed by atoms with van der Waals surface area (Å²) in [5.41, 5.74) is 1.49. The lowest BCUT2D eigenvalue weighted by Gasteiger charge is -2.20. The summed E-state index contributed by atoms with van der Waals surface area (Å²) >= 11 is 1.74. The number of aryl methyl sites for hydroxylation is 1. The Morgan fingerprint density at radius 1 is 1.14 bits per heavy atom. The molecule has 0 spiro atoms. The minimum atomic E-state index is 0.189. The molecule has 1 unspecified atom stereocenters. The molecule has 0 aliphatic rings. The van der Waals surface area contributed by atoms with Gasteiger partial charge in [-0.05, 0) is 39.3 Å². The first-order valence-corrected chi connectivity index (χ1v) is 8.39. The van der Waals surface area contributed by atoms with E-state index in [2.05, 4.69) is 67.5 Å². The van der Waals surface area contributed by atoms with Crippen LogP contribution in [-0.4, -0.2) is 22.3 Å². The lowest BCUT2D eigenvalue weighted by atomic mass is 10.0. The molecule has 1 aromatic carbocycles. The summed E-state index contributed by atoms with van der Waals surface area (Å²) < 4.78 is 0. The van der Waals surface area contributed by atoms with Crippen molar-refractivity contribution in [3.8, 4) is 0 Å². The van der Waals surface area contributed by atoms with Crippen LogP contribution in [0.5, 0.6) is 0 Å². The topological polar surface area (TPSA) is 37.8 Å². The first kappa shape index (κ1) is 16.1. The zero-order valence-corrected chi connectivity index (χ0v) is 14.2. The Bertz CT molecular complexity index is 543. The molecular formula is C17H25N3S. The average Bonchev–Trinajstić information content (AvgIpc) is 2.91. The molecule has 0 aliphatic heterocycles. The minimum Gasteiger partial charge on any atom is -0.312 e. The summed E-state index contributed by atoms with van der Waals surface area (Å²) in [4.78, 5) is 0. The highest BCUT2D eigenvalue weighted by Crippen LogP contribution is 2.26. The van der Waals surface area contributed by atoms with Crippen molar-refractivity contribution >= 4 is 11.3 Å². The first-order chi connectivity index (χ1) is 9.96. The van der Waals surface area contributed by atoms with Crippen LogP contribution in [0.4, 0.5) is 0 Å². The molecule has 2 aromatic rings. The molecule has 2 rings (SSSR count). The maximum absolute atomic E-state index is 4.37. The molecule has 0 saturated heterocycles. The van der Waals surface area contributed by atoms with Crippen LogP contribution in [0.2, 0.25) is 0 Å². The van der Waals surface area contributed by atoms with Crippen molar-refractivity contribution < 1.29 is 0 Å². The van der Waals surface area contributed by atoms with E-state index in [1.165, 1.54) is 5.56 Å². The van der Waals surface area contributed by atoms with Gasteiger partial charge in [0.2, 0.25) is 0 Å². The minimum absolute atomic E-state index is 0.189. The summed E-state index contributed by atoms with van der Waals surface area (Å²) in [5.74, 6) is 0.324. The fourth-order valence-electron chi connectivity index (χ4n) is 2.13. The van der Waals surface area contributed by atoms with Gasteiger partial charge in [0.25, 0.3) is 0 Å². The second-order valence-corrected chi connectivity index (χ2v) is 7.54. The number of hydrogen-bond acceptors (Lipinski definition) is 4. The molecule has 114 valence electrons. The largest absolute Gasteiger partial charge is 0.312 e. The zero-order valence-electron chi connectivity index (χ0n) is 13.4. The number of aromatic nitrogens is 2. The summed E-state index contributed by atoms with van der Waals surface area (Å²) in [7, 11) is 0. The van der Waals surface area contributed by atoms with Crippen LogP contribution in [0.3, 0.4) is 0 Å². The van der Waals surface area contributed by atoms with Crippen molar-refractivity contribution in [2.45, 2.75) is 52.0 Å². The van der Waals surface area contributed by atoms with E-state index in [0.29, 0.717) is 5.92 Å². The number of benzene rings is 1. The average molecular weight is 303 g/mol. The van der Waals surface area contributed by atoms with Gasteiger partial charge >= 0.3 is 0 Å². The van der Waals surface area contributed by atoms with Crippen molar-refractivity contribution in [3.05, 3.63) is 45.9 Å². The molecule has 0 aliphatic carbocycles. The second-order valence-electron chi connectivity index (χ2n) is 6.45. The molecule has 1 N–H and O–H groups in total.